The maximum absolute atomic E-state index is 11.9. The lowest BCUT2D eigenvalue weighted by atomic mass is 10.1. The van der Waals surface area contributed by atoms with Gasteiger partial charge in [-0.25, -0.2) is 4.68 Å². The first-order chi connectivity index (χ1) is 8.51. The quantitative estimate of drug-likeness (QED) is 0.835. The number of hydrogen-bond acceptors (Lipinski definition) is 3. The lowest BCUT2D eigenvalue weighted by molar-refractivity contribution is 0.503. The number of terminal acetylenes is 1. The molecule has 0 aliphatic rings. The maximum Gasteiger partial charge on any atom is 0.287 e. The first kappa shape index (κ1) is 14.6. The highest BCUT2D eigenvalue weighted by molar-refractivity contribution is 6.32. The maximum atomic E-state index is 11.9. The summed E-state index contributed by atoms with van der Waals surface area (Å²) in [5.74, 6) is 2.59. The van der Waals surface area contributed by atoms with E-state index in [0.29, 0.717) is 12.1 Å². The average molecular weight is 268 g/mol. The normalized spacial score (nSPS) is 12.2. The van der Waals surface area contributed by atoms with Crippen molar-refractivity contribution in [1.29, 1.82) is 0 Å². The SMILES string of the molecule is C#CCC(CC)Nc1cnn(C(C)C)c(=O)c1Cl. The van der Waals surface area contributed by atoms with Crippen molar-refractivity contribution in [2.24, 2.45) is 0 Å². The number of rotatable bonds is 5. The summed E-state index contributed by atoms with van der Waals surface area (Å²) < 4.78 is 1.36. The van der Waals surface area contributed by atoms with Crippen molar-refractivity contribution in [1.82, 2.24) is 9.78 Å². The third kappa shape index (κ3) is 3.27. The van der Waals surface area contributed by atoms with Gasteiger partial charge in [-0.15, -0.1) is 12.3 Å². The van der Waals surface area contributed by atoms with Crippen molar-refractivity contribution < 1.29 is 0 Å². The van der Waals surface area contributed by atoms with E-state index in [1.807, 2.05) is 20.8 Å². The van der Waals surface area contributed by atoms with Crippen LogP contribution in [0.3, 0.4) is 0 Å². The molecule has 1 unspecified atom stereocenters. The second-order valence-corrected chi connectivity index (χ2v) is 4.75. The van der Waals surface area contributed by atoms with Gasteiger partial charge in [0.25, 0.3) is 5.56 Å². The Balaban J connectivity index is 3.03. The molecule has 1 N–H and O–H groups in total. The van der Waals surface area contributed by atoms with Gasteiger partial charge >= 0.3 is 0 Å². The van der Waals surface area contributed by atoms with Crippen molar-refractivity contribution in [2.45, 2.75) is 45.7 Å². The van der Waals surface area contributed by atoms with Crippen LogP contribution in [0.1, 0.15) is 39.7 Å². The minimum Gasteiger partial charge on any atom is -0.379 e. The molecule has 5 heteroatoms. The molecule has 1 heterocycles. The molecule has 18 heavy (non-hydrogen) atoms. The van der Waals surface area contributed by atoms with Crippen molar-refractivity contribution >= 4 is 17.3 Å². The molecule has 4 nitrogen and oxygen atoms in total. The Morgan fingerprint density at radius 3 is 2.78 bits per heavy atom. The van der Waals surface area contributed by atoms with E-state index in [9.17, 15) is 4.79 Å². The summed E-state index contributed by atoms with van der Waals surface area (Å²) in [6.07, 6.45) is 8.30. The van der Waals surface area contributed by atoms with Crippen LogP contribution >= 0.6 is 11.6 Å². The fraction of sp³-hybridized carbons (Fsp3) is 0.538. The molecule has 0 radical (unpaired) electrons. The Morgan fingerprint density at radius 1 is 1.61 bits per heavy atom. The summed E-state index contributed by atoms with van der Waals surface area (Å²) >= 11 is 6.06. The minimum atomic E-state index is -0.285. The van der Waals surface area contributed by atoms with Gasteiger partial charge in [0.05, 0.1) is 17.9 Å². The van der Waals surface area contributed by atoms with Crippen molar-refractivity contribution in [3.05, 3.63) is 21.6 Å². The van der Waals surface area contributed by atoms with Gasteiger partial charge in [0.15, 0.2) is 0 Å². The van der Waals surface area contributed by atoms with Gasteiger partial charge in [-0.3, -0.25) is 4.79 Å². The molecule has 0 saturated heterocycles. The molecule has 1 aromatic heterocycles. The van der Waals surface area contributed by atoms with E-state index in [4.69, 9.17) is 18.0 Å². The summed E-state index contributed by atoms with van der Waals surface area (Å²) in [7, 11) is 0. The largest absolute Gasteiger partial charge is 0.379 e. The molecule has 98 valence electrons. The number of nitrogens with one attached hydrogen (secondary N) is 1. The molecule has 0 spiro atoms. The number of aromatic nitrogens is 2. The summed E-state index contributed by atoms with van der Waals surface area (Å²) in [5.41, 5.74) is 0.257. The lowest BCUT2D eigenvalue weighted by Gasteiger charge is -2.17. The Labute approximate surface area is 112 Å². The Kier molecular flexibility index (Phi) is 5.24. The Morgan fingerprint density at radius 2 is 2.28 bits per heavy atom. The zero-order chi connectivity index (χ0) is 13.7. The molecular weight excluding hydrogens is 250 g/mol. The highest BCUT2D eigenvalue weighted by Crippen LogP contribution is 2.18. The van der Waals surface area contributed by atoms with Crippen molar-refractivity contribution in [3.8, 4) is 12.3 Å². The van der Waals surface area contributed by atoms with Gasteiger partial charge in [-0.2, -0.15) is 5.10 Å². The molecule has 1 atom stereocenters. The summed E-state index contributed by atoms with van der Waals surface area (Å²) in [5, 5.41) is 7.41. The highest BCUT2D eigenvalue weighted by Gasteiger charge is 2.13. The van der Waals surface area contributed by atoms with Crippen LogP contribution in [0, 0.1) is 12.3 Å². The third-order valence-corrected chi connectivity index (χ3v) is 3.01. The first-order valence-electron chi connectivity index (χ1n) is 5.98. The van der Waals surface area contributed by atoms with Crippen LogP contribution in [-0.2, 0) is 0 Å². The Bertz CT molecular complexity index is 502. The van der Waals surface area contributed by atoms with Crippen LogP contribution in [0.25, 0.3) is 0 Å². The van der Waals surface area contributed by atoms with Gasteiger partial charge < -0.3 is 5.32 Å². The summed E-state index contributed by atoms with van der Waals surface area (Å²) in [4.78, 5) is 11.9. The van der Waals surface area contributed by atoms with Gasteiger partial charge in [0, 0.05) is 12.5 Å². The van der Waals surface area contributed by atoms with Crippen LogP contribution in [0.2, 0.25) is 5.02 Å². The topological polar surface area (TPSA) is 46.9 Å². The fourth-order valence-electron chi connectivity index (χ4n) is 1.57. The lowest BCUT2D eigenvalue weighted by Crippen LogP contribution is -2.27. The monoisotopic (exact) mass is 267 g/mol. The van der Waals surface area contributed by atoms with E-state index in [2.05, 4.69) is 16.3 Å². The van der Waals surface area contributed by atoms with Gasteiger partial charge in [0.2, 0.25) is 0 Å². The standard InChI is InChI=1S/C13H18ClN3O/c1-5-7-10(6-2)16-11-8-15-17(9(3)4)13(18)12(11)14/h1,8-10,16H,6-7H2,2-4H3. The highest BCUT2D eigenvalue weighted by atomic mass is 35.5. The van der Waals surface area contributed by atoms with Crippen LogP contribution in [0.4, 0.5) is 5.69 Å². The molecule has 1 rings (SSSR count). The molecule has 0 bridgehead atoms. The minimum absolute atomic E-state index is 0.0169. The number of hydrogen-bond donors (Lipinski definition) is 1. The molecule has 0 aliphatic carbocycles. The smallest absolute Gasteiger partial charge is 0.287 e. The van der Waals surface area contributed by atoms with Crippen LogP contribution in [-0.4, -0.2) is 15.8 Å². The van der Waals surface area contributed by atoms with E-state index in [1.54, 1.807) is 6.20 Å². The predicted molar refractivity (Wildman–Crippen MR) is 75.0 cm³/mol. The van der Waals surface area contributed by atoms with Gasteiger partial charge in [0.1, 0.15) is 5.02 Å². The molecule has 0 aromatic carbocycles. The van der Waals surface area contributed by atoms with E-state index in [-0.39, 0.29) is 22.7 Å². The van der Waals surface area contributed by atoms with E-state index in [0.717, 1.165) is 6.42 Å². The molecule has 0 fully saturated rings. The van der Waals surface area contributed by atoms with Gasteiger partial charge in [-0.05, 0) is 20.3 Å². The summed E-state index contributed by atoms with van der Waals surface area (Å²) in [6.45, 7) is 5.78. The van der Waals surface area contributed by atoms with Gasteiger partial charge in [-0.1, -0.05) is 18.5 Å². The first-order valence-corrected chi connectivity index (χ1v) is 6.36. The predicted octanol–water partition coefficient (Wildman–Crippen LogP) is 2.69. The van der Waals surface area contributed by atoms with Crippen molar-refractivity contribution in [3.63, 3.8) is 0 Å². The molecule has 0 aliphatic heterocycles. The second-order valence-electron chi connectivity index (χ2n) is 4.37. The fourth-order valence-corrected chi connectivity index (χ4v) is 1.76. The second kappa shape index (κ2) is 6.46. The molecular formula is C13H18ClN3O. The zero-order valence-electron chi connectivity index (χ0n) is 10.9. The van der Waals surface area contributed by atoms with Crippen molar-refractivity contribution in [2.75, 3.05) is 5.32 Å². The molecule has 0 amide bonds. The van der Waals surface area contributed by atoms with E-state index < -0.39 is 0 Å². The third-order valence-electron chi connectivity index (χ3n) is 2.65. The number of anilines is 1. The molecule has 1 aromatic rings. The van der Waals surface area contributed by atoms with Crippen LogP contribution < -0.4 is 10.9 Å². The number of nitrogens with zero attached hydrogens (tertiary/aromatic N) is 2. The number of halogens is 1. The van der Waals surface area contributed by atoms with E-state index in [1.165, 1.54) is 4.68 Å². The average Bonchev–Trinajstić information content (AvgIpc) is 2.33. The van der Waals surface area contributed by atoms with Crippen LogP contribution in [0.15, 0.2) is 11.0 Å². The zero-order valence-corrected chi connectivity index (χ0v) is 11.7. The molecule has 0 saturated carbocycles. The summed E-state index contributed by atoms with van der Waals surface area (Å²) in [6, 6.07) is 0.0836. The van der Waals surface area contributed by atoms with Crippen LogP contribution in [0.5, 0.6) is 0 Å². The van der Waals surface area contributed by atoms with E-state index >= 15 is 0 Å². The Hall–Kier alpha value is -1.47.